The first-order valence-corrected chi connectivity index (χ1v) is 9.72. The van der Waals surface area contributed by atoms with Crippen LogP contribution in [0.1, 0.15) is 65.2 Å². The molecule has 2 nitrogen and oxygen atoms in total. The van der Waals surface area contributed by atoms with Crippen molar-refractivity contribution in [3.8, 4) is 0 Å². The molecule has 1 heterocycles. The summed E-state index contributed by atoms with van der Waals surface area (Å²) in [5, 5.41) is 0. The van der Waals surface area contributed by atoms with Crippen LogP contribution in [-0.2, 0) is 0 Å². The summed E-state index contributed by atoms with van der Waals surface area (Å²) in [4.78, 5) is 5.04. The minimum Gasteiger partial charge on any atom is -0.354 e. The highest BCUT2D eigenvalue weighted by molar-refractivity contribution is 5.55. The molecule has 126 valence electrons. The monoisotopic (exact) mass is 313 g/mol. The van der Waals surface area contributed by atoms with Gasteiger partial charge in [-0.25, -0.2) is 0 Å². The van der Waals surface area contributed by atoms with Crippen molar-refractivity contribution >= 4 is 5.69 Å². The minimum atomic E-state index is -0.213. The molecule has 2 saturated carbocycles. The zero-order valence-corrected chi connectivity index (χ0v) is 14.7. The van der Waals surface area contributed by atoms with Crippen LogP contribution < -0.4 is 4.90 Å². The largest absolute Gasteiger partial charge is 0.354 e. The van der Waals surface area contributed by atoms with Crippen molar-refractivity contribution in [1.29, 1.82) is 0 Å². The van der Waals surface area contributed by atoms with Gasteiger partial charge in [0.2, 0.25) is 0 Å². The molecule has 4 rings (SSSR count). The Hall–Kier alpha value is -1.02. The number of benzene rings is 1. The molecular formula is C21H32N2. The van der Waals surface area contributed by atoms with Gasteiger partial charge in [-0.2, -0.15) is 0 Å². The number of aryl methyl sites for hydroxylation is 1. The van der Waals surface area contributed by atoms with Gasteiger partial charge in [0, 0.05) is 23.8 Å². The topological polar surface area (TPSA) is 6.48 Å². The summed E-state index contributed by atoms with van der Waals surface area (Å²) in [7, 11) is 0. The SMILES string of the molecule is [2H]C1N(C2CCCC2)C(C2CCCC2)[C@H](C)N1c1ccccc1C. The van der Waals surface area contributed by atoms with Gasteiger partial charge >= 0.3 is 0 Å². The van der Waals surface area contributed by atoms with Gasteiger partial charge < -0.3 is 4.90 Å². The van der Waals surface area contributed by atoms with Crippen LogP contribution in [0.4, 0.5) is 5.69 Å². The maximum absolute atomic E-state index is 9.12. The number of para-hydroxylation sites is 1. The van der Waals surface area contributed by atoms with Crippen molar-refractivity contribution in [2.45, 2.75) is 83.3 Å². The number of nitrogens with zero attached hydrogens (tertiary/aromatic N) is 2. The molecule has 3 aliphatic rings. The molecule has 1 saturated heterocycles. The Morgan fingerprint density at radius 2 is 1.65 bits per heavy atom. The zero-order chi connectivity index (χ0) is 16.7. The number of rotatable bonds is 3. The third-order valence-electron chi connectivity index (χ3n) is 6.56. The van der Waals surface area contributed by atoms with Crippen molar-refractivity contribution in [1.82, 2.24) is 4.90 Å². The second kappa shape index (κ2) is 6.47. The average Bonchev–Trinajstić information content (AvgIpc) is 3.30. The van der Waals surface area contributed by atoms with E-state index in [4.69, 9.17) is 1.37 Å². The fraction of sp³-hybridized carbons (Fsp3) is 0.714. The van der Waals surface area contributed by atoms with Crippen LogP contribution >= 0.6 is 0 Å². The molecule has 3 atom stereocenters. The lowest BCUT2D eigenvalue weighted by Crippen LogP contribution is -2.44. The molecule has 23 heavy (non-hydrogen) atoms. The second-order valence-electron chi connectivity index (χ2n) is 7.97. The van der Waals surface area contributed by atoms with E-state index < -0.39 is 0 Å². The maximum Gasteiger partial charge on any atom is 0.0716 e. The van der Waals surface area contributed by atoms with E-state index in [9.17, 15) is 0 Å². The van der Waals surface area contributed by atoms with E-state index in [0.717, 1.165) is 5.92 Å². The molecule has 0 N–H and O–H groups in total. The van der Waals surface area contributed by atoms with Gasteiger partial charge in [0.1, 0.15) is 0 Å². The molecule has 0 spiro atoms. The predicted octanol–water partition coefficient (Wildman–Crippen LogP) is 4.96. The van der Waals surface area contributed by atoms with E-state index in [1.807, 2.05) is 0 Å². The first kappa shape index (κ1) is 14.3. The fourth-order valence-corrected chi connectivity index (χ4v) is 5.35. The molecule has 1 aliphatic heterocycles. The highest BCUT2D eigenvalue weighted by Gasteiger charge is 2.45. The number of anilines is 1. The third-order valence-corrected chi connectivity index (χ3v) is 6.56. The van der Waals surface area contributed by atoms with Gasteiger partial charge in [0.05, 0.1) is 8.02 Å². The van der Waals surface area contributed by atoms with Crippen molar-refractivity contribution in [2.24, 2.45) is 5.92 Å². The van der Waals surface area contributed by atoms with Gasteiger partial charge in [0.15, 0.2) is 0 Å². The molecule has 0 aromatic heterocycles. The molecule has 0 bridgehead atoms. The normalized spacial score (nSPS) is 34.4. The molecule has 0 radical (unpaired) electrons. The molecule has 2 aliphatic carbocycles. The van der Waals surface area contributed by atoms with Crippen molar-refractivity contribution < 1.29 is 1.37 Å². The summed E-state index contributed by atoms with van der Waals surface area (Å²) in [6.45, 7) is 4.36. The summed E-state index contributed by atoms with van der Waals surface area (Å²) in [6, 6.07) is 10.3. The number of hydrogen-bond donors (Lipinski definition) is 0. The second-order valence-corrected chi connectivity index (χ2v) is 7.97. The lowest BCUT2D eigenvalue weighted by Gasteiger charge is -2.34. The quantitative estimate of drug-likeness (QED) is 0.778. The van der Waals surface area contributed by atoms with Gasteiger partial charge in [-0.3, -0.25) is 4.90 Å². The molecule has 3 fully saturated rings. The molecule has 2 heteroatoms. The Bertz CT molecular complexity index is 535. The van der Waals surface area contributed by atoms with E-state index in [1.54, 1.807) is 0 Å². The highest BCUT2D eigenvalue weighted by Crippen LogP contribution is 2.41. The zero-order valence-electron chi connectivity index (χ0n) is 15.7. The standard InChI is InChI=1S/C21H32N2/c1-16-9-3-8-14-20(16)22-15-23(19-12-6-7-13-19)21(17(22)2)18-10-4-5-11-18/h3,8-9,14,17-19,21H,4-7,10-13,15H2,1-2H3/t17-,21?/m0/s1/i15D/t15?,17-,21?. The van der Waals surface area contributed by atoms with Crippen LogP contribution in [0, 0.1) is 12.8 Å². The van der Waals surface area contributed by atoms with Crippen molar-refractivity contribution in [3.63, 3.8) is 0 Å². The first-order chi connectivity index (χ1) is 11.7. The molecule has 1 aromatic carbocycles. The number of hydrogen-bond acceptors (Lipinski definition) is 2. The van der Waals surface area contributed by atoms with Gasteiger partial charge in [0.25, 0.3) is 0 Å². The molecule has 1 aromatic rings. The summed E-state index contributed by atoms with van der Waals surface area (Å²) in [5.74, 6) is 0.794. The lowest BCUT2D eigenvalue weighted by molar-refractivity contribution is 0.131. The molecule has 2 unspecified atom stereocenters. The summed E-state index contributed by atoms with van der Waals surface area (Å²) >= 11 is 0. The van der Waals surface area contributed by atoms with Crippen molar-refractivity contribution in [2.75, 3.05) is 11.5 Å². The minimum absolute atomic E-state index is 0.213. The van der Waals surface area contributed by atoms with Crippen LogP contribution in [0.5, 0.6) is 0 Å². The Labute approximate surface area is 143 Å². The summed E-state index contributed by atoms with van der Waals surface area (Å²) < 4.78 is 9.12. The Balaban J connectivity index is 1.69. The van der Waals surface area contributed by atoms with E-state index in [2.05, 4.69) is 47.9 Å². The van der Waals surface area contributed by atoms with Crippen LogP contribution in [0.25, 0.3) is 0 Å². The predicted molar refractivity (Wildman–Crippen MR) is 97.8 cm³/mol. The smallest absolute Gasteiger partial charge is 0.0716 e. The summed E-state index contributed by atoms with van der Waals surface area (Å²) in [5.41, 5.74) is 2.58. The fourth-order valence-electron chi connectivity index (χ4n) is 5.35. The highest BCUT2D eigenvalue weighted by atomic mass is 15.4. The first-order valence-electron chi connectivity index (χ1n) is 10.3. The lowest BCUT2D eigenvalue weighted by atomic mass is 9.91. The Morgan fingerprint density at radius 1 is 1.00 bits per heavy atom. The van der Waals surface area contributed by atoms with Crippen LogP contribution in [0.3, 0.4) is 0 Å². The van der Waals surface area contributed by atoms with Crippen LogP contribution in [0.2, 0.25) is 0 Å². The van der Waals surface area contributed by atoms with E-state index in [0.29, 0.717) is 18.1 Å². The Morgan fingerprint density at radius 3 is 2.35 bits per heavy atom. The maximum atomic E-state index is 9.12. The van der Waals surface area contributed by atoms with E-state index >= 15 is 0 Å². The van der Waals surface area contributed by atoms with Gasteiger partial charge in [-0.1, -0.05) is 43.9 Å². The molecule has 0 amide bonds. The molecular weight excluding hydrogens is 280 g/mol. The Kier molecular flexibility index (Phi) is 4.03. The van der Waals surface area contributed by atoms with E-state index in [-0.39, 0.29) is 6.64 Å². The average molecular weight is 314 g/mol. The van der Waals surface area contributed by atoms with Crippen LogP contribution in [-0.4, -0.2) is 29.7 Å². The van der Waals surface area contributed by atoms with Gasteiger partial charge in [-0.15, -0.1) is 0 Å². The third kappa shape index (κ3) is 2.80. The summed E-state index contributed by atoms with van der Waals surface area (Å²) in [6.07, 6.45) is 10.8. The van der Waals surface area contributed by atoms with Gasteiger partial charge in [-0.05, 0) is 57.1 Å². The van der Waals surface area contributed by atoms with Crippen molar-refractivity contribution in [3.05, 3.63) is 29.8 Å². The van der Waals surface area contributed by atoms with Crippen LogP contribution in [0.15, 0.2) is 24.3 Å². The van der Waals surface area contributed by atoms with E-state index in [1.165, 1.54) is 62.6 Å².